The van der Waals surface area contributed by atoms with Crippen molar-refractivity contribution in [2.45, 2.75) is 19.0 Å². The Morgan fingerprint density at radius 2 is 2.10 bits per heavy atom. The van der Waals surface area contributed by atoms with E-state index >= 15 is 0 Å². The molecule has 114 valence electrons. The molecule has 0 spiro atoms. The highest BCUT2D eigenvalue weighted by Crippen LogP contribution is 2.28. The molecule has 3 rings (SSSR count). The zero-order valence-electron chi connectivity index (χ0n) is 12.1. The van der Waals surface area contributed by atoms with E-state index < -0.39 is 0 Å². The minimum absolute atomic E-state index is 0. The summed E-state index contributed by atoms with van der Waals surface area (Å²) in [7, 11) is 4.05. The number of hydrogen-bond donors (Lipinski definition) is 1. The molecule has 2 fully saturated rings. The fourth-order valence-corrected chi connectivity index (χ4v) is 3.14. The molecule has 6 heteroatoms. The van der Waals surface area contributed by atoms with E-state index in [2.05, 4.69) is 27.3 Å². The molecule has 0 saturated carbocycles. The maximum Gasteiger partial charge on any atom is 0.127 e. The predicted octanol–water partition coefficient (Wildman–Crippen LogP) is 1.78. The maximum absolute atomic E-state index is 4.49. The third-order valence-electron chi connectivity index (χ3n) is 4.21. The van der Waals surface area contributed by atoms with Crippen LogP contribution in [0.25, 0.3) is 0 Å². The number of rotatable bonds is 3. The van der Waals surface area contributed by atoms with Crippen LogP contribution in [-0.4, -0.2) is 49.7 Å². The first kappa shape index (κ1) is 17.5. The third kappa shape index (κ3) is 3.55. The lowest BCUT2D eigenvalue weighted by molar-refractivity contribution is 0.244. The summed E-state index contributed by atoms with van der Waals surface area (Å²) in [5, 5.41) is 3.50. The highest BCUT2D eigenvalue weighted by atomic mass is 35.5. The minimum atomic E-state index is 0. The Kier molecular flexibility index (Phi) is 6.52. The van der Waals surface area contributed by atoms with Crippen molar-refractivity contribution < 1.29 is 0 Å². The Hall–Kier alpha value is -0.550. The number of hydrogen-bond acceptors (Lipinski definition) is 4. The molecule has 1 aromatic heterocycles. The van der Waals surface area contributed by atoms with Crippen molar-refractivity contribution in [1.29, 1.82) is 0 Å². The summed E-state index contributed by atoms with van der Waals surface area (Å²) in [5.74, 6) is 1.90. The van der Waals surface area contributed by atoms with E-state index in [1.807, 2.05) is 25.2 Å². The summed E-state index contributed by atoms with van der Waals surface area (Å²) in [6.45, 7) is 4.66. The Morgan fingerprint density at radius 1 is 1.30 bits per heavy atom. The van der Waals surface area contributed by atoms with Crippen LogP contribution in [-0.2, 0) is 6.54 Å². The van der Waals surface area contributed by atoms with Crippen molar-refractivity contribution in [3.05, 3.63) is 23.9 Å². The maximum atomic E-state index is 4.49. The van der Waals surface area contributed by atoms with Crippen LogP contribution >= 0.6 is 24.8 Å². The second-order valence-corrected chi connectivity index (χ2v) is 5.66. The Labute approximate surface area is 133 Å². The highest BCUT2D eigenvalue weighted by molar-refractivity contribution is 5.85. The van der Waals surface area contributed by atoms with Crippen molar-refractivity contribution in [1.82, 2.24) is 15.2 Å². The summed E-state index contributed by atoms with van der Waals surface area (Å²) in [6, 6.07) is 5.06. The molecule has 2 atom stereocenters. The summed E-state index contributed by atoms with van der Waals surface area (Å²) in [6.07, 6.45) is 3.37. The smallest absolute Gasteiger partial charge is 0.127 e. The van der Waals surface area contributed by atoms with Crippen LogP contribution < -0.4 is 10.2 Å². The number of anilines is 1. The zero-order chi connectivity index (χ0) is 12.5. The lowest BCUT2D eigenvalue weighted by Gasteiger charge is -2.23. The summed E-state index contributed by atoms with van der Waals surface area (Å²) >= 11 is 0. The van der Waals surface area contributed by atoms with Gasteiger partial charge in [0, 0.05) is 39.4 Å². The van der Waals surface area contributed by atoms with E-state index in [1.54, 1.807) is 0 Å². The number of pyridine rings is 1. The van der Waals surface area contributed by atoms with Gasteiger partial charge in [0.25, 0.3) is 0 Å². The molecule has 0 aliphatic carbocycles. The number of aromatic nitrogens is 1. The molecular weight excluding hydrogens is 295 g/mol. The molecule has 2 saturated heterocycles. The van der Waals surface area contributed by atoms with Crippen LogP contribution in [0.2, 0.25) is 0 Å². The van der Waals surface area contributed by atoms with E-state index in [0.29, 0.717) is 0 Å². The topological polar surface area (TPSA) is 31.4 Å². The number of halogens is 2. The minimum Gasteiger partial charge on any atom is -0.363 e. The second-order valence-electron chi connectivity index (χ2n) is 5.66. The second kappa shape index (κ2) is 7.46. The molecule has 1 aromatic rings. The van der Waals surface area contributed by atoms with Gasteiger partial charge in [-0.15, -0.1) is 24.8 Å². The van der Waals surface area contributed by atoms with Crippen molar-refractivity contribution in [3.63, 3.8) is 0 Å². The van der Waals surface area contributed by atoms with Crippen molar-refractivity contribution >= 4 is 30.6 Å². The third-order valence-corrected chi connectivity index (χ3v) is 4.21. The molecule has 2 aliphatic heterocycles. The lowest BCUT2D eigenvalue weighted by atomic mass is 10.1. The molecule has 0 amide bonds. The van der Waals surface area contributed by atoms with Gasteiger partial charge in [-0.2, -0.15) is 0 Å². The quantitative estimate of drug-likeness (QED) is 0.920. The molecule has 4 nitrogen and oxygen atoms in total. The van der Waals surface area contributed by atoms with Gasteiger partial charge in [-0.1, -0.05) is 6.07 Å². The average molecular weight is 319 g/mol. The molecule has 0 unspecified atom stereocenters. The van der Waals surface area contributed by atoms with Gasteiger partial charge < -0.3 is 10.2 Å². The van der Waals surface area contributed by atoms with Gasteiger partial charge in [-0.25, -0.2) is 4.98 Å². The van der Waals surface area contributed by atoms with E-state index in [1.165, 1.54) is 25.1 Å². The van der Waals surface area contributed by atoms with Gasteiger partial charge in [-0.3, -0.25) is 4.90 Å². The number of fused-ring (bicyclic) bond motifs is 1. The monoisotopic (exact) mass is 318 g/mol. The van der Waals surface area contributed by atoms with Crippen LogP contribution in [0.5, 0.6) is 0 Å². The van der Waals surface area contributed by atoms with E-state index in [0.717, 1.165) is 30.9 Å². The summed E-state index contributed by atoms with van der Waals surface area (Å²) in [4.78, 5) is 9.14. The summed E-state index contributed by atoms with van der Waals surface area (Å²) in [5.41, 5.74) is 1.33. The average Bonchev–Trinajstić information content (AvgIpc) is 2.95. The van der Waals surface area contributed by atoms with Gasteiger partial charge in [-0.05, 0) is 37.1 Å². The number of nitrogens with zero attached hydrogens (tertiary/aromatic N) is 3. The van der Waals surface area contributed by atoms with E-state index in [9.17, 15) is 0 Å². The van der Waals surface area contributed by atoms with Crippen LogP contribution in [0.4, 0.5) is 5.82 Å². The molecule has 0 radical (unpaired) electrons. The van der Waals surface area contributed by atoms with Crippen molar-refractivity contribution in [3.8, 4) is 0 Å². The van der Waals surface area contributed by atoms with Crippen LogP contribution in [0.15, 0.2) is 18.3 Å². The van der Waals surface area contributed by atoms with Crippen LogP contribution in [0.1, 0.15) is 12.0 Å². The van der Waals surface area contributed by atoms with E-state index in [4.69, 9.17) is 0 Å². The predicted molar refractivity (Wildman–Crippen MR) is 88.2 cm³/mol. The van der Waals surface area contributed by atoms with Gasteiger partial charge in [0.15, 0.2) is 0 Å². The number of likely N-dealkylation sites (tertiary alicyclic amines) is 1. The standard InChI is InChI=1S/C14H22N4.2ClH/c1-17(2)14-4-3-11(7-16-14)10-18-6-5-12-8-15-9-13(12)18;;/h3-4,7,12-13,15H,5-6,8-10H2,1-2H3;2*1H/t12-,13+;;/m0../s1. The summed E-state index contributed by atoms with van der Waals surface area (Å²) < 4.78 is 0. The van der Waals surface area contributed by atoms with Crippen LogP contribution in [0.3, 0.4) is 0 Å². The first-order valence-corrected chi connectivity index (χ1v) is 6.81. The molecule has 2 aliphatic rings. The fourth-order valence-electron chi connectivity index (χ4n) is 3.14. The first-order chi connectivity index (χ1) is 8.74. The van der Waals surface area contributed by atoms with Gasteiger partial charge >= 0.3 is 0 Å². The number of nitrogens with one attached hydrogen (secondary N) is 1. The van der Waals surface area contributed by atoms with Crippen LogP contribution in [0, 0.1) is 5.92 Å². The Bertz CT molecular complexity index is 410. The highest BCUT2D eigenvalue weighted by Gasteiger charge is 2.37. The zero-order valence-corrected chi connectivity index (χ0v) is 13.7. The van der Waals surface area contributed by atoms with Gasteiger partial charge in [0.05, 0.1) is 0 Å². The molecule has 0 aromatic carbocycles. The molecule has 0 bridgehead atoms. The van der Waals surface area contributed by atoms with Crippen molar-refractivity contribution in [2.24, 2.45) is 5.92 Å². The van der Waals surface area contributed by atoms with Crippen molar-refractivity contribution in [2.75, 3.05) is 38.6 Å². The molecule has 3 heterocycles. The van der Waals surface area contributed by atoms with Gasteiger partial charge in [0.1, 0.15) is 5.82 Å². The molecule has 20 heavy (non-hydrogen) atoms. The Balaban J connectivity index is 0.000001000. The normalized spacial score (nSPS) is 24.7. The Morgan fingerprint density at radius 3 is 2.75 bits per heavy atom. The first-order valence-electron chi connectivity index (χ1n) is 6.81. The fraction of sp³-hybridized carbons (Fsp3) is 0.643. The molecule has 1 N–H and O–H groups in total. The van der Waals surface area contributed by atoms with E-state index in [-0.39, 0.29) is 24.8 Å². The lowest BCUT2D eigenvalue weighted by Crippen LogP contribution is -2.33. The SMILES string of the molecule is CN(C)c1ccc(CN2CC[C@H]3CNC[C@H]32)cn1.Cl.Cl. The largest absolute Gasteiger partial charge is 0.363 e. The molecular formula is C14H24Cl2N4. The van der Waals surface area contributed by atoms with Gasteiger partial charge in [0.2, 0.25) is 0 Å².